The van der Waals surface area contributed by atoms with E-state index < -0.39 is 0 Å². The number of Topliss-reactive ketones (excluding diaryl/α,β-unsaturated/α-hetero) is 1. The molecule has 0 aromatic carbocycles. The quantitative estimate of drug-likeness (QED) is 0.396. The molecule has 5 heteroatoms. The van der Waals surface area contributed by atoms with Crippen molar-refractivity contribution in [3.05, 3.63) is 0 Å². The molecule has 0 aliphatic carbocycles. The van der Waals surface area contributed by atoms with E-state index in [2.05, 4.69) is 27.9 Å². The van der Waals surface area contributed by atoms with Gasteiger partial charge in [0, 0.05) is 25.3 Å². The fourth-order valence-electron chi connectivity index (χ4n) is 1.12. The second-order valence-corrected chi connectivity index (χ2v) is 4.46. The number of halogens is 1. The number of hydrogen-bond acceptors (Lipinski definition) is 3. The van der Waals surface area contributed by atoms with E-state index in [-0.39, 0.29) is 17.6 Å². The standard InChI is InChI=1S/C11H20INO3/c1-9(2)10(14)4-3-5-11(15)13-6-7-16-8-12/h9H,3-8H2,1-2H3,(H,13,15). The maximum absolute atomic E-state index is 11.3. The van der Waals surface area contributed by atoms with E-state index in [1.54, 1.807) is 0 Å². The Labute approximate surface area is 111 Å². The molecule has 0 aliphatic rings. The van der Waals surface area contributed by atoms with E-state index in [1.807, 2.05) is 13.8 Å². The molecule has 94 valence electrons. The summed E-state index contributed by atoms with van der Waals surface area (Å²) in [6.45, 7) is 4.84. The Balaban J connectivity index is 3.40. The molecule has 0 unspecified atom stereocenters. The van der Waals surface area contributed by atoms with Crippen LogP contribution in [0.1, 0.15) is 33.1 Å². The van der Waals surface area contributed by atoms with Gasteiger partial charge in [-0.3, -0.25) is 9.59 Å². The van der Waals surface area contributed by atoms with Crippen molar-refractivity contribution < 1.29 is 14.3 Å². The molecule has 0 aromatic heterocycles. The minimum absolute atomic E-state index is 0.00591. The lowest BCUT2D eigenvalue weighted by Gasteiger charge is -2.05. The van der Waals surface area contributed by atoms with E-state index in [0.717, 1.165) is 0 Å². The first kappa shape index (κ1) is 15.8. The second kappa shape index (κ2) is 10.0. The average molecular weight is 341 g/mol. The van der Waals surface area contributed by atoms with Crippen LogP contribution in [0.4, 0.5) is 0 Å². The molecule has 0 heterocycles. The smallest absolute Gasteiger partial charge is 0.220 e. The van der Waals surface area contributed by atoms with Gasteiger partial charge in [-0.05, 0) is 6.42 Å². The largest absolute Gasteiger partial charge is 0.369 e. The fourth-order valence-corrected chi connectivity index (χ4v) is 1.43. The highest BCUT2D eigenvalue weighted by Crippen LogP contribution is 2.03. The summed E-state index contributed by atoms with van der Waals surface area (Å²) in [4.78, 5) is 22.5. The lowest BCUT2D eigenvalue weighted by Crippen LogP contribution is -2.27. The number of ketones is 1. The Morgan fingerprint density at radius 2 is 2.00 bits per heavy atom. The Morgan fingerprint density at radius 3 is 2.56 bits per heavy atom. The van der Waals surface area contributed by atoms with E-state index >= 15 is 0 Å². The monoisotopic (exact) mass is 341 g/mol. The highest BCUT2D eigenvalue weighted by atomic mass is 127. The average Bonchev–Trinajstić information content (AvgIpc) is 2.24. The lowest BCUT2D eigenvalue weighted by atomic mass is 10.0. The van der Waals surface area contributed by atoms with Crippen LogP contribution in [0.5, 0.6) is 0 Å². The topological polar surface area (TPSA) is 55.4 Å². The van der Waals surface area contributed by atoms with E-state index in [0.29, 0.717) is 37.0 Å². The molecular formula is C11H20INO3. The van der Waals surface area contributed by atoms with Crippen LogP contribution >= 0.6 is 22.6 Å². The van der Waals surface area contributed by atoms with Crippen LogP contribution in [0.3, 0.4) is 0 Å². The summed E-state index contributed by atoms with van der Waals surface area (Å²) in [6.07, 6.45) is 1.55. The maximum atomic E-state index is 11.3. The molecule has 0 bridgehead atoms. The number of amides is 1. The Kier molecular flexibility index (Phi) is 9.91. The summed E-state index contributed by atoms with van der Waals surface area (Å²) in [7, 11) is 0. The molecule has 0 radical (unpaired) electrons. The molecule has 0 aromatic rings. The second-order valence-electron chi connectivity index (χ2n) is 3.84. The number of ether oxygens (including phenoxy) is 1. The van der Waals surface area contributed by atoms with Crippen molar-refractivity contribution in [1.29, 1.82) is 0 Å². The minimum atomic E-state index is -0.00591. The van der Waals surface area contributed by atoms with Crippen molar-refractivity contribution in [2.75, 3.05) is 17.8 Å². The van der Waals surface area contributed by atoms with Crippen LogP contribution in [-0.4, -0.2) is 29.5 Å². The van der Waals surface area contributed by atoms with Crippen molar-refractivity contribution in [3.63, 3.8) is 0 Å². The number of carbonyl (C=O) groups excluding carboxylic acids is 2. The number of carbonyl (C=O) groups is 2. The van der Waals surface area contributed by atoms with Crippen LogP contribution < -0.4 is 5.32 Å². The Hall–Kier alpha value is -0.170. The van der Waals surface area contributed by atoms with Gasteiger partial charge in [0.25, 0.3) is 0 Å². The van der Waals surface area contributed by atoms with Gasteiger partial charge in [-0.15, -0.1) is 0 Å². The molecule has 0 saturated carbocycles. The first-order valence-corrected chi connectivity index (χ1v) is 7.03. The maximum Gasteiger partial charge on any atom is 0.220 e. The van der Waals surface area contributed by atoms with Gasteiger partial charge in [0.15, 0.2) is 0 Å². The Bertz CT molecular complexity index is 219. The van der Waals surface area contributed by atoms with Crippen LogP contribution in [0.15, 0.2) is 0 Å². The van der Waals surface area contributed by atoms with Crippen molar-refractivity contribution in [2.24, 2.45) is 5.92 Å². The highest BCUT2D eigenvalue weighted by molar-refractivity contribution is 14.1. The van der Waals surface area contributed by atoms with E-state index in [9.17, 15) is 9.59 Å². The molecule has 1 N–H and O–H groups in total. The third kappa shape index (κ3) is 9.08. The number of rotatable bonds is 9. The zero-order valence-corrected chi connectivity index (χ0v) is 12.1. The lowest BCUT2D eigenvalue weighted by molar-refractivity contribution is -0.123. The van der Waals surface area contributed by atoms with Crippen LogP contribution in [0.2, 0.25) is 0 Å². The predicted molar refractivity (Wildman–Crippen MR) is 71.5 cm³/mol. The molecule has 4 nitrogen and oxygen atoms in total. The van der Waals surface area contributed by atoms with E-state index in [4.69, 9.17) is 4.74 Å². The minimum Gasteiger partial charge on any atom is -0.369 e. The Morgan fingerprint density at radius 1 is 1.31 bits per heavy atom. The van der Waals surface area contributed by atoms with Crippen molar-refractivity contribution >= 4 is 34.3 Å². The van der Waals surface area contributed by atoms with Crippen molar-refractivity contribution in [1.82, 2.24) is 5.32 Å². The molecule has 0 aliphatic heterocycles. The van der Waals surface area contributed by atoms with Gasteiger partial charge in [-0.1, -0.05) is 36.4 Å². The highest BCUT2D eigenvalue weighted by Gasteiger charge is 2.08. The zero-order chi connectivity index (χ0) is 12.4. The first-order chi connectivity index (χ1) is 7.57. The van der Waals surface area contributed by atoms with Gasteiger partial charge in [-0.2, -0.15) is 0 Å². The third-order valence-corrected chi connectivity index (χ3v) is 2.56. The first-order valence-electron chi connectivity index (χ1n) is 5.51. The van der Waals surface area contributed by atoms with E-state index in [1.165, 1.54) is 0 Å². The van der Waals surface area contributed by atoms with Crippen molar-refractivity contribution in [2.45, 2.75) is 33.1 Å². The summed E-state index contributed by atoms with van der Waals surface area (Å²) < 4.78 is 5.71. The van der Waals surface area contributed by atoms with Gasteiger partial charge in [0.2, 0.25) is 5.91 Å². The summed E-state index contributed by atoms with van der Waals surface area (Å²) >= 11 is 2.11. The van der Waals surface area contributed by atoms with Gasteiger partial charge in [0.1, 0.15) is 5.78 Å². The number of nitrogens with one attached hydrogen (secondary N) is 1. The predicted octanol–water partition coefficient (Wildman–Crippen LogP) is 1.91. The molecule has 0 saturated heterocycles. The van der Waals surface area contributed by atoms with Gasteiger partial charge in [0.05, 0.1) is 11.2 Å². The fraction of sp³-hybridized carbons (Fsp3) is 0.818. The summed E-state index contributed by atoms with van der Waals surface area (Å²) in [5.41, 5.74) is 0. The summed E-state index contributed by atoms with van der Waals surface area (Å²) in [5.74, 6) is 0.287. The zero-order valence-electron chi connectivity index (χ0n) is 9.92. The molecule has 0 spiro atoms. The molecule has 16 heavy (non-hydrogen) atoms. The van der Waals surface area contributed by atoms with Crippen LogP contribution in [0, 0.1) is 5.92 Å². The van der Waals surface area contributed by atoms with Gasteiger partial charge < -0.3 is 10.1 Å². The van der Waals surface area contributed by atoms with Crippen molar-refractivity contribution in [3.8, 4) is 0 Å². The normalized spacial score (nSPS) is 10.5. The third-order valence-electron chi connectivity index (χ3n) is 2.12. The molecule has 0 fully saturated rings. The van der Waals surface area contributed by atoms with Crippen LogP contribution in [-0.2, 0) is 14.3 Å². The molecular weight excluding hydrogens is 321 g/mol. The van der Waals surface area contributed by atoms with Gasteiger partial charge in [-0.25, -0.2) is 0 Å². The SMILES string of the molecule is CC(C)C(=O)CCCC(=O)NCCOCI. The van der Waals surface area contributed by atoms with Crippen LogP contribution in [0.25, 0.3) is 0 Å². The molecule has 1 amide bonds. The summed E-state index contributed by atoms with van der Waals surface area (Å²) in [5, 5.41) is 2.74. The molecule has 0 atom stereocenters. The number of alkyl halides is 1. The summed E-state index contributed by atoms with van der Waals surface area (Å²) in [6, 6.07) is 0. The molecule has 0 rings (SSSR count). The van der Waals surface area contributed by atoms with Gasteiger partial charge >= 0.3 is 0 Å². The number of hydrogen-bond donors (Lipinski definition) is 1.